The lowest BCUT2D eigenvalue weighted by atomic mass is 9.95. The molecule has 3 heteroatoms. The molecule has 1 aromatic carbocycles. The van der Waals surface area contributed by atoms with Crippen LogP contribution in [0.1, 0.15) is 38.7 Å². The average molecular weight is 262 g/mol. The first-order chi connectivity index (χ1) is 9.17. The number of hydrogen-bond acceptors (Lipinski definition) is 3. The molecule has 1 fully saturated rings. The molecule has 2 rings (SSSR count). The minimum absolute atomic E-state index is 0.130. The highest BCUT2D eigenvalue weighted by Crippen LogP contribution is 2.35. The lowest BCUT2D eigenvalue weighted by Crippen LogP contribution is -2.26. The Morgan fingerprint density at radius 3 is 2.79 bits per heavy atom. The summed E-state index contributed by atoms with van der Waals surface area (Å²) >= 11 is 0. The van der Waals surface area contributed by atoms with Crippen LogP contribution in [0.4, 0.5) is 0 Å². The zero-order chi connectivity index (χ0) is 13.7. The summed E-state index contributed by atoms with van der Waals surface area (Å²) in [6.45, 7) is 4.73. The SMILES string of the molecule is CCC[C@]1(C)C[C@@H](OCc2ccccc2)[C@H](C=O)O1. The molecule has 0 spiro atoms. The van der Waals surface area contributed by atoms with Crippen molar-refractivity contribution in [2.24, 2.45) is 0 Å². The molecule has 0 unspecified atom stereocenters. The number of hydrogen-bond donors (Lipinski definition) is 0. The fourth-order valence-electron chi connectivity index (χ4n) is 2.73. The zero-order valence-corrected chi connectivity index (χ0v) is 11.7. The van der Waals surface area contributed by atoms with Gasteiger partial charge in [-0.05, 0) is 18.9 Å². The van der Waals surface area contributed by atoms with Crippen molar-refractivity contribution in [2.45, 2.75) is 57.5 Å². The number of rotatable bonds is 6. The van der Waals surface area contributed by atoms with Crippen LogP contribution in [0.3, 0.4) is 0 Å². The second-order valence-corrected chi connectivity index (χ2v) is 5.46. The first-order valence-electron chi connectivity index (χ1n) is 6.95. The molecule has 19 heavy (non-hydrogen) atoms. The Kier molecular flexibility index (Phi) is 4.72. The van der Waals surface area contributed by atoms with Crippen molar-refractivity contribution in [3.8, 4) is 0 Å². The first kappa shape index (κ1) is 14.2. The molecule has 3 nitrogen and oxygen atoms in total. The minimum atomic E-state index is -0.430. The lowest BCUT2D eigenvalue weighted by Gasteiger charge is -2.22. The van der Waals surface area contributed by atoms with Crippen LogP contribution in [0.5, 0.6) is 0 Å². The van der Waals surface area contributed by atoms with Gasteiger partial charge in [0.1, 0.15) is 6.10 Å². The molecule has 0 aromatic heterocycles. The molecular formula is C16H22O3. The van der Waals surface area contributed by atoms with Gasteiger partial charge in [-0.25, -0.2) is 0 Å². The van der Waals surface area contributed by atoms with Gasteiger partial charge in [0.25, 0.3) is 0 Å². The van der Waals surface area contributed by atoms with Crippen molar-refractivity contribution < 1.29 is 14.3 Å². The van der Waals surface area contributed by atoms with E-state index in [4.69, 9.17) is 9.47 Å². The molecule has 0 aliphatic carbocycles. The summed E-state index contributed by atoms with van der Waals surface area (Å²) in [4.78, 5) is 11.1. The third-order valence-corrected chi connectivity index (χ3v) is 3.64. The highest BCUT2D eigenvalue weighted by molar-refractivity contribution is 5.58. The van der Waals surface area contributed by atoms with Crippen molar-refractivity contribution >= 4 is 6.29 Å². The van der Waals surface area contributed by atoms with E-state index in [1.807, 2.05) is 30.3 Å². The maximum Gasteiger partial charge on any atom is 0.151 e. The number of carbonyl (C=O) groups is 1. The standard InChI is InChI=1S/C16H22O3/c1-3-9-16(2)10-14(15(11-17)19-16)18-12-13-7-5-4-6-8-13/h4-8,11,14-15H,3,9-10,12H2,1-2H3/t14-,15+,16-/m1/s1. The van der Waals surface area contributed by atoms with E-state index in [1.54, 1.807) is 0 Å². The van der Waals surface area contributed by atoms with E-state index < -0.39 is 6.10 Å². The second kappa shape index (κ2) is 6.31. The summed E-state index contributed by atoms with van der Waals surface area (Å²) in [6, 6.07) is 10.0. The summed E-state index contributed by atoms with van der Waals surface area (Å²) in [5.74, 6) is 0. The Bertz CT molecular complexity index is 404. The normalized spacial score (nSPS) is 30.4. The predicted octanol–water partition coefficient (Wildman–Crippen LogP) is 3.12. The Labute approximate surface area is 114 Å². The summed E-state index contributed by atoms with van der Waals surface area (Å²) in [6.07, 6.45) is 3.11. The average Bonchev–Trinajstić information content (AvgIpc) is 2.74. The van der Waals surface area contributed by atoms with Crippen molar-refractivity contribution in [3.05, 3.63) is 35.9 Å². The van der Waals surface area contributed by atoms with E-state index in [-0.39, 0.29) is 11.7 Å². The van der Waals surface area contributed by atoms with Gasteiger partial charge in [0.15, 0.2) is 6.29 Å². The van der Waals surface area contributed by atoms with Gasteiger partial charge in [-0.2, -0.15) is 0 Å². The van der Waals surface area contributed by atoms with E-state index in [1.165, 1.54) is 0 Å². The minimum Gasteiger partial charge on any atom is -0.370 e. The Morgan fingerprint density at radius 1 is 1.42 bits per heavy atom. The fraction of sp³-hybridized carbons (Fsp3) is 0.562. The van der Waals surface area contributed by atoms with Crippen molar-refractivity contribution in [2.75, 3.05) is 0 Å². The van der Waals surface area contributed by atoms with E-state index in [2.05, 4.69) is 13.8 Å². The van der Waals surface area contributed by atoms with Crippen molar-refractivity contribution in [1.29, 1.82) is 0 Å². The molecule has 1 saturated heterocycles. The molecule has 1 aliphatic rings. The van der Waals surface area contributed by atoms with E-state index in [0.29, 0.717) is 6.61 Å². The van der Waals surface area contributed by atoms with Gasteiger partial charge < -0.3 is 14.3 Å². The number of benzene rings is 1. The summed E-state index contributed by atoms with van der Waals surface area (Å²) in [7, 11) is 0. The Balaban J connectivity index is 1.94. The summed E-state index contributed by atoms with van der Waals surface area (Å²) in [5.41, 5.74) is 0.901. The molecule has 0 radical (unpaired) electrons. The summed E-state index contributed by atoms with van der Waals surface area (Å²) < 4.78 is 11.7. The van der Waals surface area contributed by atoms with Crippen LogP contribution in [0, 0.1) is 0 Å². The predicted molar refractivity (Wildman–Crippen MR) is 73.9 cm³/mol. The van der Waals surface area contributed by atoms with Crippen molar-refractivity contribution in [3.63, 3.8) is 0 Å². The number of carbonyl (C=O) groups excluding carboxylic acids is 1. The zero-order valence-electron chi connectivity index (χ0n) is 11.7. The van der Waals surface area contributed by atoms with Gasteiger partial charge in [-0.1, -0.05) is 43.7 Å². The first-order valence-corrected chi connectivity index (χ1v) is 6.95. The van der Waals surface area contributed by atoms with Gasteiger partial charge in [-0.15, -0.1) is 0 Å². The van der Waals surface area contributed by atoms with E-state index in [0.717, 1.165) is 31.1 Å². The Morgan fingerprint density at radius 2 is 2.16 bits per heavy atom. The molecule has 1 aromatic rings. The van der Waals surface area contributed by atoms with Crippen LogP contribution in [-0.2, 0) is 20.9 Å². The van der Waals surface area contributed by atoms with E-state index >= 15 is 0 Å². The Hall–Kier alpha value is -1.19. The maximum absolute atomic E-state index is 11.1. The maximum atomic E-state index is 11.1. The quantitative estimate of drug-likeness (QED) is 0.739. The number of aldehydes is 1. The van der Waals surface area contributed by atoms with Crippen LogP contribution in [0.15, 0.2) is 30.3 Å². The smallest absolute Gasteiger partial charge is 0.151 e. The third kappa shape index (κ3) is 3.64. The molecule has 0 N–H and O–H groups in total. The highest BCUT2D eigenvalue weighted by atomic mass is 16.6. The van der Waals surface area contributed by atoms with Gasteiger partial charge in [0.05, 0.1) is 18.3 Å². The molecule has 1 aliphatic heterocycles. The monoisotopic (exact) mass is 262 g/mol. The van der Waals surface area contributed by atoms with Crippen LogP contribution >= 0.6 is 0 Å². The second-order valence-electron chi connectivity index (χ2n) is 5.46. The summed E-state index contributed by atoms with van der Waals surface area (Å²) in [5, 5.41) is 0. The van der Waals surface area contributed by atoms with Crippen LogP contribution in [0.2, 0.25) is 0 Å². The largest absolute Gasteiger partial charge is 0.370 e. The molecular weight excluding hydrogens is 240 g/mol. The molecule has 104 valence electrons. The van der Waals surface area contributed by atoms with Crippen LogP contribution < -0.4 is 0 Å². The van der Waals surface area contributed by atoms with Gasteiger partial charge >= 0.3 is 0 Å². The molecule has 0 amide bonds. The lowest BCUT2D eigenvalue weighted by molar-refractivity contribution is -0.127. The molecule has 0 saturated carbocycles. The number of ether oxygens (including phenoxy) is 2. The molecule has 0 bridgehead atoms. The van der Waals surface area contributed by atoms with Crippen molar-refractivity contribution in [1.82, 2.24) is 0 Å². The topological polar surface area (TPSA) is 35.5 Å². The van der Waals surface area contributed by atoms with Gasteiger partial charge in [-0.3, -0.25) is 0 Å². The van der Waals surface area contributed by atoms with Gasteiger partial charge in [0.2, 0.25) is 0 Å². The molecule has 3 atom stereocenters. The van der Waals surface area contributed by atoms with Crippen LogP contribution in [-0.4, -0.2) is 24.1 Å². The van der Waals surface area contributed by atoms with Crippen LogP contribution in [0.25, 0.3) is 0 Å². The molecule has 1 heterocycles. The highest BCUT2D eigenvalue weighted by Gasteiger charge is 2.43. The van der Waals surface area contributed by atoms with E-state index in [9.17, 15) is 4.79 Å². The van der Waals surface area contributed by atoms with Gasteiger partial charge in [0, 0.05) is 6.42 Å². The third-order valence-electron chi connectivity index (χ3n) is 3.64. The fourth-order valence-corrected chi connectivity index (χ4v) is 2.73.